The van der Waals surface area contributed by atoms with Crippen molar-refractivity contribution in [3.8, 4) is 5.75 Å². The van der Waals surface area contributed by atoms with E-state index in [1.165, 1.54) is 5.56 Å². The molecular formula is C24H24N4O3. The smallest absolute Gasteiger partial charge is 0.293 e. The third kappa shape index (κ3) is 5.01. The predicted octanol–water partition coefficient (Wildman–Crippen LogP) is 4.68. The summed E-state index contributed by atoms with van der Waals surface area (Å²) in [6.45, 7) is 6.84. The number of nitrogens with zero attached hydrogens (tertiary/aromatic N) is 3. The largest absolute Gasteiger partial charge is 0.485 e. The average Bonchev–Trinajstić information content (AvgIpc) is 3.39. The normalized spacial score (nSPS) is 10.8. The zero-order chi connectivity index (χ0) is 21.8. The number of furan rings is 1. The van der Waals surface area contributed by atoms with E-state index in [9.17, 15) is 4.79 Å². The summed E-state index contributed by atoms with van der Waals surface area (Å²) in [7, 11) is 0. The second kappa shape index (κ2) is 8.87. The number of benzene rings is 2. The van der Waals surface area contributed by atoms with Crippen LogP contribution in [-0.2, 0) is 13.2 Å². The van der Waals surface area contributed by atoms with Crippen LogP contribution in [0.15, 0.2) is 65.3 Å². The molecule has 2 aromatic carbocycles. The molecule has 0 fully saturated rings. The van der Waals surface area contributed by atoms with Crippen LogP contribution in [0.5, 0.6) is 5.75 Å². The first-order chi connectivity index (χ1) is 15.0. The molecule has 7 nitrogen and oxygen atoms in total. The minimum Gasteiger partial charge on any atom is -0.485 e. The topological polar surface area (TPSA) is 82.2 Å². The molecule has 0 aliphatic carbocycles. The number of carbonyl (C=O) groups is 1. The van der Waals surface area contributed by atoms with Gasteiger partial charge in [-0.3, -0.25) is 10.1 Å². The minimum absolute atomic E-state index is 0.176. The van der Waals surface area contributed by atoms with E-state index in [4.69, 9.17) is 9.15 Å². The molecule has 0 saturated heterocycles. The van der Waals surface area contributed by atoms with Gasteiger partial charge in [-0.2, -0.15) is 0 Å². The Bertz CT molecular complexity index is 1170. The number of amides is 1. The number of nitrogens with one attached hydrogen (secondary N) is 1. The first-order valence-corrected chi connectivity index (χ1v) is 10.0. The van der Waals surface area contributed by atoms with Crippen molar-refractivity contribution in [1.29, 1.82) is 0 Å². The van der Waals surface area contributed by atoms with Crippen LogP contribution in [0.4, 0.5) is 5.95 Å². The number of rotatable bonds is 7. The van der Waals surface area contributed by atoms with Gasteiger partial charge in [0.15, 0.2) is 5.76 Å². The Morgan fingerprint density at radius 2 is 1.77 bits per heavy atom. The first kappa shape index (κ1) is 20.4. The Balaban J connectivity index is 1.35. The minimum atomic E-state index is -0.411. The molecule has 0 bridgehead atoms. The van der Waals surface area contributed by atoms with Gasteiger partial charge < -0.3 is 9.15 Å². The van der Waals surface area contributed by atoms with E-state index in [-0.39, 0.29) is 18.3 Å². The van der Waals surface area contributed by atoms with Crippen LogP contribution >= 0.6 is 0 Å². The molecule has 0 atom stereocenters. The lowest BCUT2D eigenvalue weighted by Crippen LogP contribution is -2.12. The van der Waals surface area contributed by atoms with E-state index >= 15 is 0 Å². The Morgan fingerprint density at radius 1 is 1.03 bits per heavy atom. The summed E-state index contributed by atoms with van der Waals surface area (Å²) in [5.41, 5.74) is 4.41. The molecule has 0 saturated carbocycles. The molecule has 4 rings (SSSR count). The van der Waals surface area contributed by atoms with Crippen molar-refractivity contribution >= 4 is 11.9 Å². The number of anilines is 1. The van der Waals surface area contributed by atoms with E-state index in [1.807, 2.05) is 63.2 Å². The SMILES string of the molecule is Cc1ccc(Cn2cnc(NC(=O)c3ccc(COc4c(C)cccc4C)o3)n2)cc1. The number of aryl methyl sites for hydroxylation is 3. The zero-order valence-corrected chi connectivity index (χ0v) is 17.8. The molecule has 0 unspecified atom stereocenters. The van der Waals surface area contributed by atoms with Crippen molar-refractivity contribution in [2.24, 2.45) is 0 Å². The van der Waals surface area contributed by atoms with Gasteiger partial charge in [-0.25, -0.2) is 9.67 Å². The van der Waals surface area contributed by atoms with Crippen molar-refractivity contribution in [3.63, 3.8) is 0 Å². The van der Waals surface area contributed by atoms with Gasteiger partial charge >= 0.3 is 0 Å². The van der Waals surface area contributed by atoms with Crippen LogP contribution < -0.4 is 10.1 Å². The van der Waals surface area contributed by atoms with Crippen LogP contribution in [-0.4, -0.2) is 20.7 Å². The monoisotopic (exact) mass is 416 g/mol. The predicted molar refractivity (Wildman–Crippen MR) is 117 cm³/mol. The lowest BCUT2D eigenvalue weighted by molar-refractivity contribution is 0.0991. The molecule has 158 valence electrons. The lowest BCUT2D eigenvalue weighted by atomic mass is 10.1. The van der Waals surface area contributed by atoms with Crippen molar-refractivity contribution in [2.45, 2.75) is 33.9 Å². The molecule has 2 heterocycles. The lowest BCUT2D eigenvalue weighted by Gasteiger charge is -2.10. The third-order valence-electron chi connectivity index (χ3n) is 4.88. The summed E-state index contributed by atoms with van der Waals surface area (Å²) in [6, 6.07) is 17.5. The highest BCUT2D eigenvalue weighted by Gasteiger charge is 2.14. The molecule has 1 amide bonds. The summed E-state index contributed by atoms with van der Waals surface area (Å²) in [6.07, 6.45) is 1.58. The fourth-order valence-electron chi connectivity index (χ4n) is 3.22. The molecular weight excluding hydrogens is 392 g/mol. The van der Waals surface area contributed by atoms with E-state index in [1.54, 1.807) is 23.1 Å². The van der Waals surface area contributed by atoms with Gasteiger partial charge in [0.1, 0.15) is 24.4 Å². The van der Waals surface area contributed by atoms with E-state index in [0.29, 0.717) is 12.3 Å². The second-order valence-electron chi connectivity index (χ2n) is 7.48. The van der Waals surface area contributed by atoms with Crippen LogP contribution in [0.25, 0.3) is 0 Å². The number of carbonyl (C=O) groups excluding carboxylic acids is 1. The zero-order valence-electron chi connectivity index (χ0n) is 17.8. The molecule has 4 aromatic rings. The van der Waals surface area contributed by atoms with Crippen molar-refractivity contribution in [3.05, 3.63) is 94.7 Å². The highest BCUT2D eigenvalue weighted by Crippen LogP contribution is 2.24. The third-order valence-corrected chi connectivity index (χ3v) is 4.88. The Kier molecular flexibility index (Phi) is 5.84. The van der Waals surface area contributed by atoms with Crippen LogP contribution in [0, 0.1) is 20.8 Å². The van der Waals surface area contributed by atoms with Gasteiger partial charge in [-0.05, 0) is 49.6 Å². The average molecular weight is 416 g/mol. The highest BCUT2D eigenvalue weighted by molar-refractivity contribution is 6.01. The highest BCUT2D eigenvalue weighted by atomic mass is 16.5. The molecule has 0 aliphatic rings. The maximum absolute atomic E-state index is 12.5. The molecule has 0 spiro atoms. The van der Waals surface area contributed by atoms with E-state index in [0.717, 1.165) is 22.4 Å². The summed E-state index contributed by atoms with van der Waals surface area (Å²) >= 11 is 0. The van der Waals surface area contributed by atoms with Crippen molar-refractivity contribution in [1.82, 2.24) is 14.8 Å². The van der Waals surface area contributed by atoms with Gasteiger partial charge in [0.25, 0.3) is 5.91 Å². The molecule has 7 heteroatoms. The summed E-state index contributed by atoms with van der Waals surface area (Å²) in [4.78, 5) is 16.6. The fourth-order valence-corrected chi connectivity index (χ4v) is 3.22. The number of ether oxygens (including phenoxy) is 1. The molecule has 0 radical (unpaired) electrons. The Hall–Kier alpha value is -3.87. The van der Waals surface area contributed by atoms with E-state index in [2.05, 4.69) is 15.4 Å². The number of hydrogen-bond donors (Lipinski definition) is 1. The van der Waals surface area contributed by atoms with Crippen LogP contribution in [0.3, 0.4) is 0 Å². The fraction of sp³-hybridized carbons (Fsp3) is 0.208. The quantitative estimate of drug-likeness (QED) is 0.473. The molecule has 31 heavy (non-hydrogen) atoms. The maximum atomic E-state index is 12.5. The van der Waals surface area contributed by atoms with Gasteiger partial charge in [0.05, 0.1) is 6.54 Å². The van der Waals surface area contributed by atoms with Gasteiger partial charge in [0, 0.05) is 0 Å². The summed E-state index contributed by atoms with van der Waals surface area (Å²) in [5, 5.41) is 6.97. The van der Waals surface area contributed by atoms with E-state index < -0.39 is 5.91 Å². The number of para-hydroxylation sites is 1. The molecule has 0 aliphatic heterocycles. The number of aromatic nitrogens is 3. The number of hydrogen-bond acceptors (Lipinski definition) is 5. The molecule has 1 N–H and O–H groups in total. The van der Waals surface area contributed by atoms with Crippen molar-refractivity contribution < 1.29 is 13.9 Å². The van der Waals surface area contributed by atoms with Crippen LogP contribution in [0.2, 0.25) is 0 Å². The first-order valence-electron chi connectivity index (χ1n) is 10.0. The maximum Gasteiger partial charge on any atom is 0.293 e. The van der Waals surface area contributed by atoms with Gasteiger partial charge in [0.2, 0.25) is 5.95 Å². The second-order valence-corrected chi connectivity index (χ2v) is 7.48. The van der Waals surface area contributed by atoms with Crippen LogP contribution in [0.1, 0.15) is 38.6 Å². The Labute approximate surface area is 180 Å². The van der Waals surface area contributed by atoms with Gasteiger partial charge in [-0.1, -0.05) is 48.0 Å². The standard InChI is InChI=1S/C24H24N4O3/c1-16-7-9-19(10-8-16)13-28-15-25-24(27-28)26-23(29)21-12-11-20(31-21)14-30-22-17(2)5-4-6-18(22)3/h4-12,15H,13-14H2,1-3H3,(H,26,27,29). The summed E-state index contributed by atoms with van der Waals surface area (Å²) < 4.78 is 13.2. The summed E-state index contributed by atoms with van der Waals surface area (Å²) in [5.74, 6) is 1.38. The van der Waals surface area contributed by atoms with Crippen molar-refractivity contribution in [2.75, 3.05) is 5.32 Å². The Morgan fingerprint density at radius 3 is 2.52 bits per heavy atom. The molecule has 2 aromatic heterocycles. The van der Waals surface area contributed by atoms with Gasteiger partial charge in [-0.15, -0.1) is 5.10 Å².